The average Bonchev–Trinajstić information content (AvgIpc) is 3.38. The molecule has 0 radical (unpaired) electrons. The summed E-state index contributed by atoms with van der Waals surface area (Å²) in [7, 11) is 0. The molecule has 3 fully saturated rings. The summed E-state index contributed by atoms with van der Waals surface area (Å²) in [6.07, 6.45) is 11.7. The lowest BCUT2D eigenvalue weighted by atomic mass is 9.62. The van der Waals surface area contributed by atoms with Crippen molar-refractivity contribution in [1.82, 2.24) is 24.8 Å². The number of aliphatic hydroxyl groups excluding tert-OH is 1. The van der Waals surface area contributed by atoms with Crippen LogP contribution in [0.15, 0.2) is 31.1 Å². The number of aliphatic hydroxyl groups is 1. The Labute approximate surface area is 150 Å². The van der Waals surface area contributed by atoms with Crippen LogP contribution in [0.1, 0.15) is 41.6 Å². The van der Waals surface area contributed by atoms with E-state index in [1.807, 2.05) is 12.4 Å². The van der Waals surface area contributed by atoms with Crippen LogP contribution in [0.4, 0.5) is 5.95 Å². The van der Waals surface area contributed by atoms with E-state index in [9.17, 15) is 9.90 Å². The number of amides is 1. The monoisotopic (exact) mass is 352 g/mol. The van der Waals surface area contributed by atoms with Gasteiger partial charge in [0, 0.05) is 48.9 Å². The Morgan fingerprint density at radius 2 is 1.77 bits per heavy atom. The molecule has 3 heterocycles. The highest BCUT2D eigenvalue weighted by Crippen LogP contribution is 2.49. The number of likely N-dealkylation sites (tertiary alicyclic amines) is 1. The van der Waals surface area contributed by atoms with E-state index in [-0.39, 0.29) is 23.0 Å². The quantitative estimate of drug-likeness (QED) is 0.845. The van der Waals surface area contributed by atoms with Crippen LogP contribution in [0.5, 0.6) is 0 Å². The molecular formula is C18H20N6O2. The second-order valence-corrected chi connectivity index (χ2v) is 7.85. The van der Waals surface area contributed by atoms with Gasteiger partial charge in [-0.05, 0) is 25.7 Å². The van der Waals surface area contributed by atoms with Gasteiger partial charge in [-0.1, -0.05) is 0 Å². The molecule has 0 bridgehead atoms. The van der Waals surface area contributed by atoms with Crippen LogP contribution in [0, 0.1) is 5.41 Å². The first kappa shape index (κ1) is 15.6. The minimum Gasteiger partial charge on any atom is -0.393 e. The molecule has 8 nitrogen and oxygen atoms in total. The van der Waals surface area contributed by atoms with Gasteiger partial charge >= 0.3 is 0 Å². The molecule has 0 unspecified atom stereocenters. The van der Waals surface area contributed by atoms with Crippen molar-refractivity contribution in [3.05, 3.63) is 42.2 Å². The number of anilines is 1. The van der Waals surface area contributed by atoms with Gasteiger partial charge in [0.25, 0.3) is 5.91 Å². The summed E-state index contributed by atoms with van der Waals surface area (Å²) < 4.78 is 0. The van der Waals surface area contributed by atoms with Crippen LogP contribution in [-0.4, -0.2) is 55.0 Å². The molecule has 2 aliphatic carbocycles. The Balaban J connectivity index is 1.23. The minimum atomic E-state index is -0.193. The van der Waals surface area contributed by atoms with Crippen molar-refractivity contribution in [2.75, 3.05) is 18.4 Å². The fourth-order valence-corrected chi connectivity index (χ4v) is 4.16. The van der Waals surface area contributed by atoms with Gasteiger partial charge in [0.05, 0.1) is 17.2 Å². The number of hydrogen-bond donors (Lipinski definition) is 2. The van der Waals surface area contributed by atoms with Crippen molar-refractivity contribution in [1.29, 1.82) is 0 Å². The fraction of sp³-hybridized carbons (Fsp3) is 0.500. The van der Waals surface area contributed by atoms with Crippen molar-refractivity contribution in [3.63, 3.8) is 0 Å². The zero-order valence-corrected chi connectivity index (χ0v) is 14.3. The number of nitrogens with zero attached hydrogens (tertiary/aromatic N) is 5. The highest BCUT2D eigenvalue weighted by molar-refractivity contribution is 5.94. The molecule has 2 aromatic heterocycles. The van der Waals surface area contributed by atoms with E-state index in [4.69, 9.17) is 0 Å². The number of carbonyl (C=O) groups is 1. The lowest BCUT2D eigenvalue weighted by molar-refractivity contribution is -0.113. The molecule has 1 spiro atoms. The molecule has 1 saturated heterocycles. The molecule has 1 amide bonds. The van der Waals surface area contributed by atoms with E-state index < -0.39 is 0 Å². The second kappa shape index (κ2) is 5.44. The fourth-order valence-electron chi connectivity index (χ4n) is 4.16. The van der Waals surface area contributed by atoms with Gasteiger partial charge in [0.2, 0.25) is 5.95 Å². The molecule has 2 aromatic rings. The SMILES string of the molecule is O=C(c1cnc(NC2(c3cncnc3)CC2)nc1)N1CC2(CC(O)C2)C1. The van der Waals surface area contributed by atoms with E-state index in [1.165, 1.54) is 6.33 Å². The van der Waals surface area contributed by atoms with Gasteiger partial charge in [0.15, 0.2) is 0 Å². The molecule has 2 saturated carbocycles. The number of nitrogens with one attached hydrogen (secondary N) is 1. The average molecular weight is 352 g/mol. The van der Waals surface area contributed by atoms with Gasteiger partial charge in [-0.15, -0.1) is 0 Å². The Morgan fingerprint density at radius 3 is 2.35 bits per heavy atom. The third kappa shape index (κ3) is 2.52. The predicted molar refractivity (Wildman–Crippen MR) is 92.2 cm³/mol. The summed E-state index contributed by atoms with van der Waals surface area (Å²) in [5.74, 6) is 0.464. The standard InChI is InChI=1S/C18H20N6O2/c25-14-3-17(4-14)9-24(10-17)15(26)12-5-21-16(22-6-12)23-18(1-2-18)13-7-19-11-20-8-13/h5-8,11,14,25H,1-4,9-10H2,(H,21,22,23). The van der Waals surface area contributed by atoms with Gasteiger partial charge in [-0.25, -0.2) is 19.9 Å². The van der Waals surface area contributed by atoms with Crippen molar-refractivity contribution in [2.45, 2.75) is 37.3 Å². The van der Waals surface area contributed by atoms with Gasteiger partial charge < -0.3 is 15.3 Å². The third-order valence-electron chi connectivity index (χ3n) is 5.79. The van der Waals surface area contributed by atoms with Gasteiger partial charge in [-0.2, -0.15) is 0 Å². The molecule has 0 atom stereocenters. The summed E-state index contributed by atoms with van der Waals surface area (Å²) >= 11 is 0. The van der Waals surface area contributed by atoms with Crippen LogP contribution < -0.4 is 5.32 Å². The van der Waals surface area contributed by atoms with Crippen molar-refractivity contribution < 1.29 is 9.90 Å². The van der Waals surface area contributed by atoms with Crippen molar-refractivity contribution >= 4 is 11.9 Å². The van der Waals surface area contributed by atoms with Gasteiger partial charge in [-0.3, -0.25) is 4.79 Å². The molecule has 134 valence electrons. The number of rotatable bonds is 4. The van der Waals surface area contributed by atoms with Crippen LogP contribution in [0.25, 0.3) is 0 Å². The Hall–Kier alpha value is -2.61. The van der Waals surface area contributed by atoms with E-state index in [0.29, 0.717) is 11.5 Å². The van der Waals surface area contributed by atoms with Gasteiger partial charge in [0.1, 0.15) is 6.33 Å². The Kier molecular flexibility index (Phi) is 3.27. The smallest absolute Gasteiger partial charge is 0.257 e. The van der Waals surface area contributed by atoms with Crippen molar-refractivity contribution in [2.24, 2.45) is 5.41 Å². The summed E-state index contributed by atoms with van der Waals surface area (Å²) in [4.78, 5) is 31.1. The second-order valence-electron chi connectivity index (χ2n) is 7.85. The van der Waals surface area contributed by atoms with Crippen LogP contribution in [-0.2, 0) is 5.54 Å². The Bertz CT molecular complexity index is 823. The molecular weight excluding hydrogens is 332 g/mol. The summed E-state index contributed by atoms with van der Waals surface area (Å²) in [6.45, 7) is 1.44. The number of hydrogen-bond acceptors (Lipinski definition) is 7. The normalized spacial score (nSPS) is 22.4. The highest BCUT2D eigenvalue weighted by atomic mass is 16.3. The predicted octanol–water partition coefficient (Wildman–Crippen LogP) is 0.965. The lowest BCUT2D eigenvalue weighted by Gasteiger charge is -2.57. The maximum absolute atomic E-state index is 12.5. The van der Waals surface area contributed by atoms with Crippen LogP contribution in [0.3, 0.4) is 0 Å². The minimum absolute atomic E-state index is 0.0406. The third-order valence-corrected chi connectivity index (χ3v) is 5.79. The van der Waals surface area contributed by atoms with E-state index in [2.05, 4.69) is 25.3 Å². The molecule has 3 aliphatic rings. The van der Waals surface area contributed by atoms with Crippen molar-refractivity contribution in [3.8, 4) is 0 Å². The zero-order valence-electron chi connectivity index (χ0n) is 14.3. The molecule has 1 aliphatic heterocycles. The topological polar surface area (TPSA) is 104 Å². The first-order valence-corrected chi connectivity index (χ1v) is 8.91. The molecule has 5 rings (SSSR count). The first-order valence-electron chi connectivity index (χ1n) is 8.91. The molecule has 0 aromatic carbocycles. The first-order chi connectivity index (χ1) is 12.6. The molecule has 2 N–H and O–H groups in total. The molecule has 26 heavy (non-hydrogen) atoms. The Morgan fingerprint density at radius 1 is 1.12 bits per heavy atom. The van der Waals surface area contributed by atoms with Crippen LogP contribution >= 0.6 is 0 Å². The maximum Gasteiger partial charge on any atom is 0.257 e. The zero-order chi connectivity index (χ0) is 17.8. The van der Waals surface area contributed by atoms with E-state index in [1.54, 1.807) is 17.3 Å². The number of aromatic nitrogens is 4. The lowest BCUT2D eigenvalue weighted by Crippen LogP contribution is -2.65. The molecule has 8 heteroatoms. The summed E-state index contributed by atoms with van der Waals surface area (Å²) in [6, 6.07) is 0. The summed E-state index contributed by atoms with van der Waals surface area (Å²) in [5, 5.41) is 12.8. The highest BCUT2D eigenvalue weighted by Gasteiger charge is 2.53. The number of carbonyl (C=O) groups excluding carboxylic acids is 1. The van der Waals surface area contributed by atoms with E-state index >= 15 is 0 Å². The van der Waals surface area contributed by atoms with Crippen LogP contribution in [0.2, 0.25) is 0 Å². The maximum atomic E-state index is 12.5. The van der Waals surface area contributed by atoms with E-state index in [0.717, 1.165) is 44.3 Å². The summed E-state index contributed by atoms with van der Waals surface area (Å²) in [5.41, 5.74) is 1.49. The largest absolute Gasteiger partial charge is 0.393 e.